The van der Waals surface area contributed by atoms with E-state index in [0.29, 0.717) is 6.42 Å². The predicted octanol–water partition coefficient (Wildman–Crippen LogP) is 0.686. The molecule has 0 bridgehead atoms. The Hall–Kier alpha value is -0.860. The van der Waals surface area contributed by atoms with Gasteiger partial charge >= 0.3 is 0 Å². The molecule has 0 unspecified atom stereocenters. The second-order valence-electron chi connectivity index (χ2n) is 1.06. The molecule has 0 saturated heterocycles. The highest BCUT2D eigenvalue weighted by atomic mass is 16.3. The minimum absolute atomic E-state index is 0.250. The minimum atomic E-state index is -0.250. The molecule has 0 rings (SSSR count). The van der Waals surface area contributed by atoms with Gasteiger partial charge in [0.2, 0.25) is 0 Å². The van der Waals surface area contributed by atoms with Gasteiger partial charge in [-0.1, -0.05) is 6.92 Å². The van der Waals surface area contributed by atoms with Crippen molar-refractivity contribution in [2.24, 2.45) is 0 Å². The van der Waals surface area contributed by atoms with E-state index < -0.39 is 0 Å². The Kier molecular flexibility index (Phi) is 21.0. The van der Waals surface area contributed by atoms with Gasteiger partial charge in [0.15, 0.2) is 0 Å². The third-order valence-corrected chi connectivity index (χ3v) is 0.407. The Morgan fingerprint density at radius 3 is 1.88 bits per heavy atom. The lowest BCUT2D eigenvalue weighted by Gasteiger charge is -1.68. The molecule has 0 aliphatic heterocycles. The van der Waals surface area contributed by atoms with Crippen LogP contribution in [0.2, 0.25) is 0 Å². The van der Waals surface area contributed by atoms with Crippen molar-refractivity contribution in [1.82, 2.24) is 0 Å². The van der Waals surface area contributed by atoms with Crippen LogP contribution in [0.25, 0.3) is 0 Å². The third-order valence-electron chi connectivity index (χ3n) is 0.407. The number of carboxylic acid groups (broad SMARTS) is 1. The van der Waals surface area contributed by atoms with E-state index in [-0.39, 0.29) is 6.47 Å². The number of rotatable bonds is 2. The smallest absolute Gasteiger partial charge is 0.290 e. The highest BCUT2D eigenvalue weighted by Gasteiger charge is 1.66. The molecular weight excluding hydrogens is 108 g/mol. The van der Waals surface area contributed by atoms with Crippen molar-refractivity contribution in [3.8, 4) is 0 Å². The standard InChI is InChI=1S/C4H8O.CH2O2/c1-2-3-4-5;2-1-3/h4H,2-3H2,1H3;1H,(H,2,3). The van der Waals surface area contributed by atoms with Crippen molar-refractivity contribution in [1.29, 1.82) is 0 Å². The zero-order chi connectivity index (χ0) is 6.83. The van der Waals surface area contributed by atoms with Crippen LogP contribution >= 0.6 is 0 Å². The SMILES string of the molecule is CCCC=O.O=CO. The predicted molar refractivity (Wildman–Crippen MR) is 29.7 cm³/mol. The van der Waals surface area contributed by atoms with Crippen molar-refractivity contribution < 1.29 is 14.7 Å². The molecular formula is C5H10O3. The summed E-state index contributed by atoms with van der Waals surface area (Å²) in [7, 11) is 0. The molecule has 0 saturated carbocycles. The number of carbonyl (C=O) groups excluding carboxylic acids is 1. The Labute approximate surface area is 48.3 Å². The molecule has 0 aromatic rings. The van der Waals surface area contributed by atoms with Crippen LogP contribution in [0.1, 0.15) is 19.8 Å². The number of hydrogen-bond donors (Lipinski definition) is 1. The fraction of sp³-hybridized carbons (Fsp3) is 0.600. The Morgan fingerprint density at radius 2 is 1.88 bits per heavy atom. The van der Waals surface area contributed by atoms with Gasteiger partial charge in [-0.2, -0.15) is 0 Å². The van der Waals surface area contributed by atoms with Crippen LogP contribution < -0.4 is 0 Å². The Morgan fingerprint density at radius 1 is 1.50 bits per heavy atom. The van der Waals surface area contributed by atoms with Gasteiger partial charge in [0, 0.05) is 6.42 Å². The van der Waals surface area contributed by atoms with E-state index >= 15 is 0 Å². The van der Waals surface area contributed by atoms with Crippen LogP contribution in [0, 0.1) is 0 Å². The van der Waals surface area contributed by atoms with Crippen LogP contribution in [-0.2, 0) is 9.59 Å². The molecule has 0 aromatic carbocycles. The molecule has 8 heavy (non-hydrogen) atoms. The number of hydrogen-bond acceptors (Lipinski definition) is 2. The van der Waals surface area contributed by atoms with Crippen molar-refractivity contribution in [2.45, 2.75) is 19.8 Å². The van der Waals surface area contributed by atoms with Gasteiger partial charge in [-0.3, -0.25) is 4.79 Å². The summed E-state index contributed by atoms with van der Waals surface area (Å²) in [4.78, 5) is 17.8. The molecule has 0 amide bonds. The average Bonchev–Trinajstić information content (AvgIpc) is 1.71. The van der Waals surface area contributed by atoms with Gasteiger partial charge in [0.25, 0.3) is 6.47 Å². The second-order valence-corrected chi connectivity index (χ2v) is 1.06. The first-order valence-electron chi connectivity index (χ1n) is 2.34. The van der Waals surface area contributed by atoms with E-state index in [1.165, 1.54) is 0 Å². The lowest BCUT2D eigenvalue weighted by molar-refractivity contribution is -0.122. The van der Waals surface area contributed by atoms with Crippen molar-refractivity contribution in [3.63, 3.8) is 0 Å². The van der Waals surface area contributed by atoms with Crippen LogP contribution in [0.3, 0.4) is 0 Å². The topological polar surface area (TPSA) is 54.4 Å². The fourth-order valence-electron chi connectivity index (χ4n) is 0.118. The molecule has 0 spiro atoms. The quantitative estimate of drug-likeness (QED) is 0.542. The zero-order valence-electron chi connectivity index (χ0n) is 4.83. The molecule has 1 N–H and O–H groups in total. The average molecular weight is 118 g/mol. The summed E-state index contributed by atoms with van der Waals surface area (Å²) >= 11 is 0. The molecule has 0 aliphatic rings. The number of carbonyl (C=O) groups is 2. The van der Waals surface area contributed by atoms with E-state index in [1.807, 2.05) is 6.92 Å². The summed E-state index contributed by atoms with van der Waals surface area (Å²) in [5.74, 6) is 0. The lowest BCUT2D eigenvalue weighted by Crippen LogP contribution is -1.64. The summed E-state index contributed by atoms with van der Waals surface area (Å²) in [6.07, 6.45) is 2.61. The highest BCUT2D eigenvalue weighted by Crippen LogP contribution is 1.74. The van der Waals surface area contributed by atoms with Crippen LogP contribution in [0.15, 0.2) is 0 Å². The van der Waals surface area contributed by atoms with Crippen LogP contribution in [0.5, 0.6) is 0 Å². The minimum Gasteiger partial charge on any atom is -0.483 e. The van der Waals surface area contributed by atoms with Crippen molar-refractivity contribution in [2.75, 3.05) is 0 Å². The molecule has 3 nitrogen and oxygen atoms in total. The van der Waals surface area contributed by atoms with E-state index in [2.05, 4.69) is 0 Å². The molecule has 3 heteroatoms. The number of unbranched alkanes of at least 4 members (excludes halogenated alkanes) is 1. The largest absolute Gasteiger partial charge is 0.483 e. The molecule has 0 atom stereocenters. The van der Waals surface area contributed by atoms with E-state index in [1.54, 1.807) is 0 Å². The summed E-state index contributed by atoms with van der Waals surface area (Å²) in [6.45, 7) is 1.73. The van der Waals surface area contributed by atoms with Gasteiger partial charge < -0.3 is 9.90 Å². The first kappa shape index (κ1) is 10.2. The highest BCUT2D eigenvalue weighted by molar-refractivity contribution is 5.48. The zero-order valence-corrected chi connectivity index (χ0v) is 4.83. The third kappa shape index (κ3) is 67.8. The van der Waals surface area contributed by atoms with E-state index in [0.717, 1.165) is 12.7 Å². The van der Waals surface area contributed by atoms with Gasteiger partial charge in [0.1, 0.15) is 6.29 Å². The maximum atomic E-state index is 9.40. The molecule has 0 radical (unpaired) electrons. The van der Waals surface area contributed by atoms with Gasteiger partial charge in [-0.25, -0.2) is 0 Å². The van der Waals surface area contributed by atoms with Crippen LogP contribution in [0.4, 0.5) is 0 Å². The molecule has 0 heterocycles. The fourth-order valence-corrected chi connectivity index (χ4v) is 0.118. The van der Waals surface area contributed by atoms with Crippen molar-refractivity contribution in [3.05, 3.63) is 0 Å². The summed E-state index contributed by atoms with van der Waals surface area (Å²) < 4.78 is 0. The maximum absolute atomic E-state index is 9.40. The maximum Gasteiger partial charge on any atom is 0.290 e. The monoisotopic (exact) mass is 118 g/mol. The molecule has 0 fully saturated rings. The normalized spacial score (nSPS) is 6.12. The summed E-state index contributed by atoms with van der Waals surface area (Å²) in [5.41, 5.74) is 0. The van der Waals surface area contributed by atoms with Crippen LogP contribution in [-0.4, -0.2) is 17.9 Å². The van der Waals surface area contributed by atoms with Crippen molar-refractivity contribution >= 4 is 12.8 Å². The Balaban J connectivity index is 0. The first-order valence-corrected chi connectivity index (χ1v) is 2.34. The lowest BCUT2D eigenvalue weighted by atomic mass is 10.4. The van der Waals surface area contributed by atoms with E-state index in [9.17, 15) is 4.79 Å². The van der Waals surface area contributed by atoms with Gasteiger partial charge in [0.05, 0.1) is 0 Å². The molecule has 0 aromatic heterocycles. The summed E-state index contributed by atoms with van der Waals surface area (Å²) in [5, 5.41) is 6.89. The second kappa shape index (κ2) is 16.5. The van der Waals surface area contributed by atoms with E-state index in [4.69, 9.17) is 9.90 Å². The molecule has 48 valence electrons. The number of aldehydes is 1. The van der Waals surface area contributed by atoms with Gasteiger partial charge in [-0.05, 0) is 6.42 Å². The Bertz CT molecular complexity index is 51.6. The molecule has 0 aliphatic carbocycles. The van der Waals surface area contributed by atoms with Gasteiger partial charge in [-0.15, -0.1) is 0 Å². The first-order chi connectivity index (χ1) is 3.83. The summed E-state index contributed by atoms with van der Waals surface area (Å²) in [6, 6.07) is 0.